The lowest BCUT2D eigenvalue weighted by atomic mass is 10.1. The average molecular weight is 357 g/mol. The summed E-state index contributed by atoms with van der Waals surface area (Å²) in [4.78, 5) is 22.9. The first kappa shape index (κ1) is 17.3. The van der Waals surface area contributed by atoms with Crippen LogP contribution in [0, 0.1) is 13.8 Å². The number of carbonyl (C=O) groups is 1. The normalized spacial score (nSPS) is 10.9. The largest absolute Gasteiger partial charge is 0.480 e. The first-order chi connectivity index (χ1) is 12.0. The summed E-state index contributed by atoms with van der Waals surface area (Å²) in [5.74, 6) is 0.824. The van der Waals surface area contributed by atoms with E-state index in [2.05, 4.69) is 15.3 Å². The average Bonchev–Trinajstić information content (AvgIpc) is 2.93. The number of aryl methyl sites for hydroxylation is 2. The Hall–Kier alpha value is -2.51. The van der Waals surface area contributed by atoms with Gasteiger partial charge in [0.05, 0.1) is 17.4 Å². The Morgan fingerprint density at radius 1 is 1.20 bits per heavy atom. The van der Waals surface area contributed by atoms with Crippen LogP contribution in [0.1, 0.15) is 26.6 Å². The molecule has 130 valence electrons. The molecule has 7 heteroatoms. The van der Waals surface area contributed by atoms with E-state index < -0.39 is 0 Å². The van der Waals surface area contributed by atoms with Gasteiger partial charge in [-0.1, -0.05) is 18.2 Å². The van der Waals surface area contributed by atoms with E-state index >= 15 is 0 Å². The number of carbonyl (C=O) groups excluding carboxylic acids is 1. The highest BCUT2D eigenvalue weighted by Crippen LogP contribution is 2.35. The van der Waals surface area contributed by atoms with Gasteiger partial charge < -0.3 is 14.8 Å². The number of benzene rings is 1. The van der Waals surface area contributed by atoms with Crippen LogP contribution in [-0.2, 0) is 11.3 Å². The van der Waals surface area contributed by atoms with Crippen LogP contribution in [0.2, 0.25) is 0 Å². The number of fused-ring (bicyclic) bond motifs is 1. The van der Waals surface area contributed by atoms with Gasteiger partial charge in [0.1, 0.15) is 11.4 Å². The Morgan fingerprint density at radius 3 is 2.64 bits per heavy atom. The van der Waals surface area contributed by atoms with Crippen molar-refractivity contribution in [1.29, 1.82) is 0 Å². The van der Waals surface area contributed by atoms with Crippen molar-refractivity contribution in [2.45, 2.75) is 20.5 Å². The zero-order valence-corrected chi connectivity index (χ0v) is 15.4. The summed E-state index contributed by atoms with van der Waals surface area (Å²) in [7, 11) is 3.14. The lowest BCUT2D eigenvalue weighted by molar-refractivity contribution is 0.103. The molecule has 0 aliphatic carbocycles. The van der Waals surface area contributed by atoms with Gasteiger partial charge in [-0.2, -0.15) is 4.98 Å². The molecule has 0 saturated carbocycles. The topological polar surface area (TPSA) is 73.3 Å². The summed E-state index contributed by atoms with van der Waals surface area (Å²) < 4.78 is 10.5. The van der Waals surface area contributed by atoms with Crippen LogP contribution in [0.5, 0.6) is 5.88 Å². The number of rotatable bonds is 5. The van der Waals surface area contributed by atoms with Crippen molar-refractivity contribution >= 4 is 33.1 Å². The molecule has 3 aromatic rings. The molecule has 6 nitrogen and oxygen atoms in total. The molecular weight excluding hydrogens is 338 g/mol. The number of ether oxygens (including phenoxy) is 2. The molecule has 1 aromatic carbocycles. The fourth-order valence-corrected chi connectivity index (χ4v) is 3.68. The van der Waals surface area contributed by atoms with Crippen LogP contribution in [0.15, 0.2) is 24.3 Å². The maximum absolute atomic E-state index is 12.8. The maximum Gasteiger partial charge on any atom is 0.266 e. The number of nitrogens with one attached hydrogen (secondary N) is 1. The third kappa shape index (κ3) is 3.33. The fourth-order valence-electron chi connectivity index (χ4n) is 2.59. The predicted octanol–water partition coefficient (Wildman–Crippen LogP) is 3.72. The molecule has 3 rings (SSSR count). The molecule has 0 bridgehead atoms. The molecule has 1 N–H and O–H groups in total. The second-order valence-electron chi connectivity index (χ2n) is 5.59. The minimum absolute atomic E-state index is 0.162. The molecule has 25 heavy (non-hydrogen) atoms. The van der Waals surface area contributed by atoms with E-state index in [9.17, 15) is 4.79 Å². The number of hydrogen-bond acceptors (Lipinski definition) is 6. The van der Waals surface area contributed by atoms with E-state index in [1.54, 1.807) is 14.2 Å². The van der Waals surface area contributed by atoms with E-state index in [4.69, 9.17) is 9.47 Å². The molecule has 0 radical (unpaired) electrons. The standard InChI is InChI=1S/C18H19N3O3S/c1-10-7-5-6-8-12(10)19-16(22)15-11(2)14-17(24-4)20-13(9-23-3)21-18(14)25-15/h5-8H,9H2,1-4H3,(H,19,22). The number of amides is 1. The van der Waals surface area contributed by atoms with Crippen molar-refractivity contribution in [3.63, 3.8) is 0 Å². The first-order valence-electron chi connectivity index (χ1n) is 7.75. The molecular formula is C18H19N3O3S. The maximum atomic E-state index is 12.8. The lowest BCUT2D eigenvalue weighted by Crippen LogP contribution is -2.12. The number of hydrogen-bond donors (Lipinski definition) is 1. The number of para-hydroxylation sites is 1. The Balaban J connectivity index is 2.03. The van der Waals surface area contributed by atoms with Crippen LogP contribution >= 0.6 is 11.3 Å². The molecule has 1 amide bonds. The smallest absolute Gasteiger partial charge is 0.266 e. The van der Waals surface area contributed by atoms with Crippen LogP contribution < -0.4 is 10.1 Å². The molecule has 2 aromatic heterocycles. The number of nitrogens with zero attached hydrogens (tertiary/aromatic N) is 2. The van der Waals surface area contributed by atoms with Crippen molar-refractivity contribution in [3.8, 4) is 5.88 Å². The van der Waals surface area contributed by atoms with Gasteiger partial charge in [0.15, 0.2) is 5.82 Å². The second kappa shape index (κ2) is 7.16. The van der Waals surface area contributed by atoms with Gasteiger partial charge in [0, 0.05) is 12.8 Å². The van der Waals surface area contributed by atoms with Gasteiger partial charge in [-0.15, -0.1) is 11.3 Å². The first-order valence-corrected chi connectivity index (χ1v) is 8.56. The molecule has 0 spiro atoms. The number of anilines is 1. The van der Waals surface area contributed by atoms with Crippen molar-refractivity contribution in [2.24, 2.45) is 0 Å². The van der Waals surface area contributed by atoms with E-state index in [-0.39, 0.29) is 12.5 Å². The van der Waals surface area contributed by atoms with Crippen molar-refractivity contribution in [1.82, 2.24) is 9.97 Å². The third-order valence-corrected chi connectivity index (χ3v) is 5.05. The lowest BCUT2D eigenvalue weighted by Gasteiger charge is -2.07. The van der Waals surface area contributed by atoms with Gasteiger partial charge in [-0.25, -0.2) is 4.98 Å². The minimum Gasteiger partial charge on any atom is -0.480 e. The highest BCUT2D eigenvalue weighted by atomic mass is 32.1. The summed E-state index contributed by atoms with van der Waals surface area (Å²) in [5, 5.41) is 3.73. The van der Waals surface area contributed by atoms with Crippen LogP contribution in [0.3, 0.4) is 0 Å². The number of aromatic nitrogens is 2. The van der Waals surface area contributed by atoms with Crippen molar-refractivity contribution < 1.29 is 14.3 Å². The number of thiophene rings is 1. The Morgan fingerprint density at radius 2 is 1.96 bits per heavy atom. The summed E-state index contributed by atoms with van der Waals surface area (Å²) in [6.45, 7) is 4.13. The molecule has 0 aliphatic heterocycles. The number of methoxy groups -OCH3 is 2. The highest BCUT2D eigenvalue weighted by molar-refractivity contribution is 7.20. The van der Waals surface area contributed by atoms with E-state index in [0.29, 0.717) is 21.4 Å². The van der Waals surface area contributed by atoms with Gasteiger partial charge >= 0.3 is 0 Å². The highest BCUT2D eigenvalue weighted by Gasteiger charge is 2.21. The molecule has 0 fully saturated rings. The summed E-state index contributed by atoms with van der Waals surface area (Å²) in [6, 6.07) is 7.67. The Bertz CT molecular complexity index is 937. The minimum atomic E-state index is -0.162. The quantitative estimate of drug-likeness (QED) is 0.753. The molecule has 2 heterocycles. The van der Waals surface area contributed by atoms with Crippen LogP contribution in [0.4, 0.5) is 5.69 Å². The van der Waals surface area contributed by atoms with E-state index in [1.807, 2.05) is 38.1 Å². The molecule has 0 saturated heterocycles. The molecule has 0 unspecified atom stereocenters. The molecule has 0 atom stereocenters. The van der Waals surface area contributed by atoms with Crippen molar-refractivity contribution in [3.05, 3.63) is 46.1 Å². The van der Waals surface area contributed by atoms with Gasteiger partial charge in [-0.3, -0.25) is 4.79 Å². The van der Waals surface area contributed by atoms with Crippen molar-refractivity contribution in [2.75, 3.05) is 19.5 Å². The fraction of sp³-hybridized carbons (Fsp3) is 0.278. The van der Waals surface area contributed by atoms with Gasteiger partial charge in [-0.05, 0) is 31.0 Å². The zero-order valence-electron chi connectivity index (χ0n) is 14.5. The molecule has 0 aliphatic rings. The van der Waals surface area contributed by atoms with Crippen LogP contribution in [-0.4, -0.2) is 30.1 Å². The SMILES string of the molecule is COCc1nc(OC)c2c(C)c(C(=O)Nc3ccccc3C)sc2n1. The predicted molar refractivity (Wildman–Crippen MR) is 98.5 cm³/mol. The Kier molecular flexibility index (Phi) is 4.96. The Labute approximate surface area is 149 Å². The second-order valence-corrected chi connectivity index (χ2v) is 6.59. The summed E-state index contributed by atoms with van der Waals surface area (Å²) in [5.41, 5.74) is 2.61. The third-order valence-electron chi connectivity index (χ3n) is 3.87. The van der Waals surface area contributed by atoms with Gasteiger partial charge in [0.2, 0.25) is 5.88 Å². The summed E-state index contributed by atoms with van der Waals surface area (Å²) in [6.07, 6.45) is 0. The summed E-state index contributed by atoms with van der Waals surface area (Å²) >= 11 is 1.33. The van der Waals surface area contributed by atoms with E-state index in [1.165, 1.54) is 11.3 Å². The monoisotopic (exact) mass is 357 g/mol. The van der Waals surface area contributed by atoms with E-state index in [0.717, 1.165) is 22.2 Å². The van der Waals surface area contributed by atoms with Gasteiger partial charge in [0.25, 0.3) is 5.91 Å². The van der Waals surface area contributed by atoms with Crippen LogP contribution in [0.25, 0.3) is 10.2 Å². The zero-order chi connectivity index (χ0) is 18.0.